The second kappa shape index (κ2) is 10.7. The van der Waals surface area contributed by atoms with Crippen molar-refractivity contribution in [3.63, 3.8) is 0 Å². The quantitative estimate of drug-likeness (QED) is 0.174. The molecule has 52 heavy (non-hydrogen) atoms. The molecule has 0 N–H and O–H groups in total. The second-order valence-electron chi connectivity index (χ2n) is 13.7. The minimum atomic E-state index is 1.17. The van der Waals surface area contributed by atoms with E-state index < -0.39 is 0 Å². The van der Waals surface area contributed by atoms with Gasteiger partial charge in [0.05, 0.1) is 21.4 Å². The summed E-state index contributed by atoms with van der Waals surface area (Å²) in [7, 11) is 0. The Kier molecular flexibility index (Phi) is 5.84. The predicted octanol–water partition coefficient (Wildman–Crippen LogP) is 14.3. The summed E-state index contributed by atoms with van der Waals surface area (Å²) in [5.74, 6) is 0. The third-order valence-corrected chi connectivity index (χ3v) is 13.4. The first-order valence-corrected chi connectivity index (χ1v) is 19.3. The normalized spacial score (nSPS) is 12.2. The maximum Gasteiger partial charge on any atom is 0.0634 e. The highest BCUT2D eigenvalue weighted by atomic mass is 32.1. The van der Waals surface area contributed by atoms with Gasteiger partial charge in [0.25, 0.3) is 0 Å². The Bertz CT molecular complexity index is 3420. The molecule has 0 aliphatic heterocycles. The highest BCUT2D eigenvalue weighted by Crippen LogP contribution is 2.45. The molecule has 0 saturated carbocycles. The minimum absolute atomic E-state index is 1.17. The monoisotopic (exact) mass is 696 g/mol. The summed E-state index contributed by atoms with van der Waals surface area (Å²) < 4.78 is 10.1. The Balaban J connectivity index is 1.18. The Labute approximate surface area is 306 Å². The first-order chi connectivity index (χ1) is 25.8. The van der Waals surface area contributed by atoms with E-state index in [1.54, 1.807) is 0 Å². The molecule has 0 bridgehead atoms. The number of nitrogens with zero attached hydrogens (tertiary/aromatic N) is 2. The fraction of sp³-hybridized carbons (Fsp3) is 0. The van der Waals surface area contributed by atoms with Crippen molar-refractivity contribution in [1.29, 1.82) is 0 Å². The number of fused-ring (bicyclic) bond motifs is 13. The first kappa shape index (κ1) is 28.5. The third-order valence-electron chi connectivity index (χ3n) is 11.0. The van der Waals surface area contributed by atoms with Gasteiger partial charge in [0.1, 0.15) is 0 Å². The molecule has 0 radical (unpaired) electrons. The summed E-state index contributed by atoms with van der Waals surface area (Å²) >= 11 is 3.78. The second-order valence-corrected chi connectivity index (χ2v) is 15.8. The van der Waals surface area contributed by atoms with Gasteiger partial charge < -0.3 is 9.13 Å². The Morgan fingerprint density at radius 1 is 0.365 bits per heavy atom. The minimum Gasteiger partial charge on any atom is -0.316 e. The van der Waals surface area contributed by atoms with E-state index in [9.17, 15) is 0 Å². The number of aromatic nitrogens is 2. The van der Waals surface area contributed by atoms with E-state index in [0.717, 1.165) is 0 Å². The molecule has 4 heterocycles. The van der Waals surface area contributed by atoms with Gasteiger partial charge in [0.15, 0.2) is 0 Å². The van der Waals surface area contributed by atoms with Crippen LogP contribution in [-0.2, 0) is 0 Å². The molecule has 0 aliphatic rings. The Hall–Kier alpha value is -6.20. The van der Waals surface area contributed by atoms with Crippen molar-refractivity contribution in [2.45, 2.75) is 0 Å². The smallest absolute Gasteiger partial charge is 0.0634 e. The maximum atomic E-state index is 2.44. The zero-order chi connectivity index (χ0) is 33.9. The van der Waals surface area contributed by atoms with E-state index in [1.165, 1.54) is 106 Å². The molecule has 0 fully saturated rings. The van der Waals surface area contributed by atoms with Crippen LogP contribution in [0.4, 0.5) is 0 Å². The molecule has 8 aromatic carbocycles. The van der Waals surface area contributed by atoms with Crippen LogP contribution in [0.2, 0.25) is 0 Å². The molecule has 0 amide bonds. The standard InChI is InChI=1S/C48H28N2S2/c1-2-10-30-27-32(21-19-29(30)9-1)49-25-23-37-41-28-31(33-13-7-14-38-34-11-3-5-17-43(34)51-47(33)38)20-22-36(41)46-40(45(37)49)24-26-50(46)42-16-8-15-39-35-12-4-6-18-44(35)52-48(39)42/h1-28H. The van der Waals surface area contributed by atoms with Gasteiger partial charge in [-0.3, -0.25) is 0 Å². The summed E-state index contributed by atoms with van der Waals surface area (Å²) in [5, 5.41) is 12.8. The molecule has 242 valence electrons. The van der Waals surface area contributed by atoms with Gasteiger partial charge in [-0.05, 0) is 75.8 Å². The largest absolute Gasteiger partial charge is 0.316 e. The van der Waals surface area contributed by atoms with Crippen molar-refractivity contribution < 1.29 is 0 Å². The molecule has 4 heteroatoms. The molecular weight excluding hydrogens is 669 g/mol. The molecule has 0 atom stereocenters. The van der Waals surface area contributed by atoms with Crippen molar-refractivity contribution in [1.82, 2.24) is 9.13 Å². The maximum absolute atomic E-state index is 2.44. The van der Waals surface area contributed by atoms with Gasteiger partial charge in [-0.1, -0.05) is 109 Å². The predicted molar refractivity (Wildman–Crippen MR) is 226 cm³/mol. The summed E-state index contributed by atoms with van der Waals surface area (Å²) in [4.78, 5) is 0. The van der Waals surface area contributed by atoms with Crippen molar-refractivity contribution in [2.75, 3.05) is 0 Å². The molecule has 12 rings (SSSR count). The van der Waals surface area contributed by atoms with Gasteiger partial charge in [-0.15, -0.1) is 22.7 Å². The van der Waals surface area contributed by atoms with Crippen LogP contribution in [0.1, 0.15) is 0 Å². The summed E-state index contributed by atoms with van der Waals surface area (Å²) in [5.41, 5.74) is 7.39. The first-order valence-electron chi connectivity index (χ1n) is 17.7. The van der Waals surface area contributed by atoms with Crippen LogP contribution < -0.4 is 0 Å². The molecular formula is C48H28N2S2. The van der Waals surface area contributed by atoms with Gasteiger partial charge in [0.2, 0.25) is 0 Å². The number of rotatable bonds is 3. The van der Waals surface area contributed by atoms with E-state index in [1.807, 2.05) is 22.7 Å². The lowest BCUT2D eigenvalue weighted by atomic mass is 9.96. The van der Waals surface area contributed by atoms with Gasteiger partial charge in [0, 0.05) is 69.9 Å². The van der Waals surface area contributed by atoms with Crippen LogP contribution in [0, 0.1) is 0 Å². The molecule has 0 spiro atoms. The van der Waals surface area contributed by atoms with E-state index in [4.69, 9.17) is 0 Å². The molecule has 2 nitrogen and oxygen atoms in total. The van der Waals surface area contributed by atoms with Crippen molar-refractivity contribution >= 4 is 106 Å². The molecule has 0 aliphatic carbocycles. The molecule has 4 aromatic heterocycles. The zero-order valence-corrected chi connectivity index (χ0v) is 29.5. The summed E-state index contributed by atoms with van der Waals surface area (Å²) in [6.45, 7) is 0. The van der Waals surface area contributed by atoms with E-state index in [0.29, 0.717) is 0 Å². The average molecular weight is 697 g/mol. The fourth-order valence-electron chi connectivity index (χ4n) is 8.60. The van der Waals surface area contributed by atoms with Gasteiger partial charge >= 0.3 is 0 Å². The van der Waals surface area contributed by atoms with Crippen molar-refractivity contribution in [3.8, 4) is 22.5 Å². The SMILES string of the molecule is c1ccc2cc(-n3ccc4c5cc(-c6cccc7c6sc6ccccc67)ccc5c5c(ccn5-c5cccc6c5sc5ccccc56)c43)ccc2c1. The number of hydrogen-bond acceptors (Lipinski definition) is 2. The van der Waals surface area contributed by atoms with Crippen LogP contribution >= 0.6 is 22.7 Å². The van der Waals surface area contributed by atoms with Crippen molar-refractivity contribution in [2.24, 2.45) is 0 Å². The van der Waals surface area contributed by atoms with Crippen LogP contribution in [0.15, 0.2) is 170 Å². The van der Waals surface area contributed by atoms with Crippen LogP contribution in [-0.4, -0.2) is 9.13 Å². The van der Waals surface area contributed by atoms with Gasteiger partial charge in [-0.25, -0.2) is 0 Å². The zero-order valence-electron chi connectivity index (χ0n) is 27.9. The highest BCUT2D eigenvalue weighted by Gasteiger charge is 2.20. The average Bonchev–Trinajstić information content (AvgIpc) is 4.00. The molecule has 12 aromatic rings. The lowest BCUT2D eigenvalue weighted by molar-refractivity contribution is 1.14. The summed E-state index contributed by atoms with van der Waals surface area (Å²) in [6.07, 6.45) is 4.55. The van der Waals surface area contributed by atoms with Crippen LogP contribution in [0.3, 0.4) is 0 Å². The fourth-order valence-corrected chi connectivity index (χ4v) is 11.1. The Morgan fingerprint density at radius 3 is 1.85 bits per heavy atom. The van der Waals surface area contributed by atoms with E-state index in [2.05, 4.69) is 179 Å². The lowest BCUT2D eigenvalue weighted by Gasteiger charge is -2.14. The lowest BCUT2D eigenvalue weighted by Crippen LogP contribution is -1.96. The molecule has 0 unspecified atom stereocenters. The third kappa shape index (κ3) is 3.93. The van der Waals surface area contributed by atoms with Crippen molar-refractivity contribution in [3.05, 3.63) is 170 Å². The van der Waals surface area contributed by atoms with E-state index >= 15 is 0 Å². The van der Waals surface area contributed by atoms with Gasteiger partial charge in [-0.2, -0.15) is 0 Å². The van der Waals surface area contributed by atoms with E-state index in [-0.39, 0.29) is 0 Å². The number of benzene rings is 8. The van der Waals surface area contributed by atoms with Crippen LogP contribution in [0.5, 0.6) is 0 Å². The van der Waals surface area contributed by atoms with Crippen LogP contribution in [0.25, 0.3) is 106 Å². The summed E-state index contributed by atoms with van der Waals surface area (Å²) in [6, 6.07) is 58.3. The number of hydrogen-bond donors (Lipinski definition) is 0. The number of thiophene rings is 2. The topological polar surface area (TPSA) is 9.86 Å². The molecule has 0 saturated heterocycles. The highest BCUT2D eigenvalue weighted by molar-refractivity contribution is 7.26. The Morgan fingerprint density at radius 2 is 1.00 bits per heavy atom.